The number of methoxy groups -OCH3 is 1. The predicted molar refractivity (Wildman–Crippen MR) is 93.6 cm³/mol. The first kappa shape index (κ1) is 16.6. The molecule has 6 heteroatoms. The number of hydrogen-bond acceptors (Lipinski definition) is 4. The third-order valence-electron chi connectivity index (χ3n) is 4.11. The number of nitrogens with zero attached hydrogens (tertiary/aromatic N) is 1. The molecule has 0 aromatic heterocycles. The third kappa shape index (κ3) is 2.82. The summed E-state index contributed by atoms with van der Waals surface area (Å²) in [6.45, 7) is 4.65. The van der Waals surface area contributed by atoms with Gasteiger partial charge in [0.2, 0.25) is 0 Å². The Labute approximate surface area is 142 Å². The van der Waals surface area contributed by atoms with Gasteiger partial charge in [-0.15, -0.1) is 0 Å². The number of benzene rings is 2. The van der Waals surface area contributed by atoms with Gasteiger partial charge in [0, 0.05) is 0 Å². The fraction of sp³-hybridized carbons (Fsp3) is 0.333. The molecular formula is C18H21NO4S. The van der Waals surface area contributed by atoms with Crippen LogP contribution in [0, 0.1) is 0 Å². The number of rotatable bonds is 4. The Kier molecular flexibility index (Phi) is 4.41. The third-order valence-corrected chi connectivity index (χ3v) is 5.94. The smallest absolute Gasteiger partial charge is 0.268 e. The Morgan fingerprint density at radius 2 is 1.92 bits per heavy atom. The first-order valence-corrected chi connectivity index (χ1v) is 9.31. The number of para-hydroxylation sites is 2. The second-order valence-corrected chi connectivity index (χ2v) is 7.79. The van der Waals surface area contributed by atoms with Crippen molar-refractivity contribution in [2.75, 3.05) is 24.6 Å². The Bertz CT molecular complexity index is 846. The number of sulfonamides is 1. The second-order valence-electron chi connectivity index (χ2n) is 5.96. The monoisotopic (exact) mass is 347 g/mol. The SMILES string of the molecule is COc1ccc(C(C)C)cc1S(=O)(=O)N1CCOc2ccccc21. The molecule has 3 rings (SSSR count). The molecule has 128 valence electrons. The van der Waals surface area contributed by atoms with Crippen LogP contribution in [0.4, 0.5) is 5.69 Å². The van der Waals surface area contributed by atoms with Crippen LogP contribution in [-0.4, -0.2) is 28.7 Å². The van der Waals surface area contributed by atoms with Crippen molar-refractivity contribution >= 4 is 15.7 Å². The quantitative estimate of drug-likeness (QED) is 0.850. The Morgan fingerprint density at radius 1 is 1.17 bits per heavy atom. The zero-order valence-corrected chi connectivity index (χ0v) is 14.8. The molecule has 5 nitrogen and oxygen atoms in total. The van der Waals surface area contributed by atoms with Crippen molar-refractivity contribution in [3.05, 3.63) is 48.0 Å². The summed E-state index contributed by atoms with van der Waals surface area (Å²) in [6, 6.07) is 12.5. The Hall–Kier alpha value is -2.21. The summed E-state index contributed by atoms with van der Waals surface area (Å²) >= 11 is 0. The van der Waals surface area contributed by atoms with E-state index in [-0.39, 0.29) is 17.4 Å². The van der Waals surface area contributed by atoms with E-state index in [9.17, 15) is 8.42 Å². The molecule has 0 radical (unpaired) electrons. The summed E-state index contributed by atoms with van der Waals surface area (Å²) in [5.74, 6) is 1.15. The lowest BCUT2D eigenvalue weighted by atomic mass is 10.0. The largest absolute Gasteiger partial charge is 0.495 e. The molecule has 0 amide bonds. The van der Waals surface area contributed by atoms with Crippen molar-refractivity contribution in [2.45, 2.75) is 24.7 Å². The number of anilines is 1. The molecular weight excluding hydrogens is 326 g/mol. The zero-order valence-electron chi connectivity index (χ0n) is 14.0. The highest BCUT2D eigenvalue weighted by Gasteiger charge is 2.32. The maximum absolute atomic E-state index is 13.3. The average Bonchev–Trinajstić information content (AvgIpc) is 2.60. The van der Waals surface area contributed by atoms with Crippen LogP contribution in [0.5, 0.6) is 11.5 Å². The molecule has 0 aliphatic carbocycles. The predicted octanol–water partition coefficient (Wildman–Crippen LogP) is 3.41. The molecule has 2 aromatic carbocycles. The topological polar surface area (TPSA) is 55.8 Å². The van der Waals surface area contributed by atoms with E-state index in [2.05, 4.69) is 0 Å². The molecule has 0 saturated heterocycles. The molecule has 0 fully saturated rings. The van der Waals surface area contributed by atoms with E-state index in [1.807, 2.05) is 26.0 Å². The van der Waals surface area contributed by atoms with Crippen molar-refractivity contribution in [1.82, 2.24) is 0 Å². The molecule has 0 spiro atoms. The Balaban J connectivity index is 2.14. The van der Waals surface area contributed by atoms with E-state index < -0.39 is 10.0 Å². The van der Waals surface area contributed by atoms with Gasteiger partial charge in [0.1, 0.15) is 23.0 Å². The number of ether oxygens (including phenoxy) is 2. The lowest BCUT2D eigenvalue weighted by Crippen LogP contribution is -2.38. The zero-order chi connectivity index (χ0) is 17.3. The van der Waals surface area contributed by atoms with Gasteiger partial charge >= 0.3 is 0 Å². The fourth-order valence-electron chi connectivity index (χ4n) is 2.77. The van der Waals surface area contributed by atoms with Gasteiger partial charge in [-0.3, -0.25) is 4.31 Å². The van der Waals surface area contributed by atoms with Gasteiger partial charge in [-0.05, 0) is 35.7 Å². The minimum Gasteiger partial charge on any atom is -0.495 e. The minimum atomic E-state index is -3.75. The van der Waals surface area contributed by atoms with Crippen molar-refractivity contribution in [1.29, 1.82) is 0 Å². The van der Waals surface area contributed by atoms with Gasteiger partial charge in [-0.25, -0.2) is 8.42 Å². The van der Waals surface area contributed by atoms with Gasteiger partial charge < -0.3 is 9.47 Å². The van der Waals surface area contributed by atoms with Gasteiger partial charge in [0.05, 0.1) is 19.3 Å². The van der Waals surface area contributed by atoms with E-state index in [0.717, 1.165) is 5.56 Å². The van der Waals surface area contributed by atoms with Crippen LogP contribution in [0.1, 0.15) is 25.3 Å². The molecule has 0 atom stereocenters. The highest BCUT2D eigenvalue weighted by molar-refractivity contribution is 7.93. The Morgan fingerprint density at radius 3 is 2.62 bits per heavy atom. The van der Waals surface area contributed by atoms with Gasteiger partial charge in [-0.2, -0.15) is 0 Å². The molecule has 1 aliphatic rings. The first-order valence-electron chi connectivity index (χ1n) is 7.87. The maximum Gasteiger partial charge on any atom is 0.268 e. The highest BCUT2D eigenvalue weighted by Crippen LogP contribution is 2.37. The minimum absolute atomic E-state index is 0.188. The lowest BCUT2D eigenvalue weighted by molar-refractivity contribution is 0.315. The first-order chi connectivity index (χ1) is 11.4. The molecule has 0 unspecified atom stereocenters. The van der Waals surface area contributed by atoms with Crippen molar-refractivity contribution in [3.8, 4) is 11.5 Å². The second kappa shape index (κ2) is 6.36. The van der Waals surface area contributed by atoms with Gasteiger partial charge in [-0.1, -0.05) is 32.0 Å². The van der Waals surface area contributed by atoms with Crippen molar-refractivity contribution < 1.29 is 17.9 Å². The highest BCUT2D eigenvalue weighted by atomic mass is 32.2. The van der Waals surface area contributed by atoms with Crippen molar-refractivity contribution in [2.24, 2.45) is 0 Å². The fourth-order valence-corrected chi connectivity index (χ4v) is 4.42. The number of fused-ring (bicyclic) bond motifs is 1. The average molecular weight is 347 g/mol. The van der Waals surface area contributed by atoms with Crippen LogP contribution in [-0.2, 0) is 10.0 Å². The van der Waals surface area contributed by atoms with E-state index in [1.165, 1.54) is 11.4 Å². The molecule has 24 heavy (non-hydrogen) atoms. The number of hydrogen-bond donors (Lipinski definition) is 0. The summed E-state index contributed by atoms with van der Waals surface area (Å²) in [5, 5.41) is 0. The van der Waals surface area contributed by atoms with E-state index in [0.29, 0.717) is 23.8 Å². The van der Waals surface area contributed by atoms with E-state index >= 15 is 0 Å². The summed E-state index contributed by atoms with van der Waals surface area (Å²) in [7, 11) is -2.26. The summed E-state index contributed by atoms with van der Waals surface area (Å²) < 4.78 is 38.9. The van der Waals surface area contributed by atoms with Crippen LogP contribution in [0.15, 0.2) is 47.4 Å². The van der Waals surface area contributed by atoms with Crippen LogP contribution in [0.3, 0.4) is 0 Å². The van der Waals surface area contributed by atoms with Crippen LogP contribution >= 0.6 is 0 Å². The van der Waals surface area contributed by atoms with E-state index in [1.54, 1.807) is 30.3 Å². The standard InChI is InChI=1S/C18H21NO4S/c1-13(2)14-8-9-17(22-3)18(12-14)24(20,21)19-10-11-23-16-7-5-4-6-15(16)19/h4-9,12-13H,10-11H2,1-3H3. The molecule has 0 N–H and O–H groups in total. The lowest BCUT2D eigenvalue weighted by Gasteiger charge is -2.31. The van der Waals surface area contributed by atoms with Crippen LogP contribution in [0.2, 0.25) is 0 Å². The molecule has 0 saturated carbocycles. The molecule has 1 heterocycles. The van der Waals surface area contributed by atoms with Crippen molar-refractivity contribution in [3.63, 3.8) is 0 Å². The maximum atomic E-state index is 13.3. The van der Waals surface area contributed by atoms with E-state index in [4.69, 9.17) is 9.47 Å². The van der Waals surface area contributed by atoms with Crippen LogP contribution in [0.25, 0.3) is 0 Å². The molecule has 1 aliphatic heterocycles. The summed E-state index contributed by atoms with van der Waals surface area (Å²) in [6.07, 6.45) is 0. The normalized spacial score (nSPS) is 14.2. The molecule has 0 bridgehead atoms. The van der Waals surface area contributed by atoms with Gasteiger partial charge in [0.25, 0.3) is 10.0 Å². The van der Waals surface area contributed by atoms with Gasteiger partial charge in [0.15, 0.2) is 0 Å². The molecule has 2 aromatic rings. The summed E-state index contributed by atoms with van der Waals surface area (Å²) in [5.41, 5.74) is 1.51. The van der Waals surface area contributed by atoms with Crippen LogP contribution < -0.4 is 13.8 Å². The summed E-state index contributed by atoms with van der Waals surface area (Å²) in [4.78, 5) is 0.188.